The number of hydrogen-bond acceptors (Lipinski definition) is 4. The maximum absolute atomic E-state index is 12.2. The molecule has 0 aliphatic carbocycles. The lowest BCUT2D eigenvalue weighted by atomic mass is 10.2. The Morgan fingerprint density at radius 2 is 2.00 bits per heavy atom. The van der Waals surface area contributed by atoms with Crippen molar-refractivity contribution in [3.05, 3.63) is 29.6 Å². The molecule has 0 spiro atoms. The predicted molar refractivity (Wildman–Crippen MR) is 73.6 cm³/mol. The molecule has 0 bridgehead atoms. The Labute approximate surface area is 118 Å². The zero-order valence-electron chi connectivity index (χ0n) is 11.6. The van der Waals surface area contributed by atoms with Crippen LogP contribution in [-0.2, 0) is 4.74 Å². The first kappa shape index (κ1) is 14.5. The molecule has 6 nitrogen and oxygen atoms in total. The van der Waals surface area contributed by atoms with Crippen molar-refractivity contribution in [3.8, 4) is 0 Å². The first-order chi connectivity index (χ1) is 9.72. The highest BCUT2D eigenvalue weighted by Gasteiger charge is 2.21. The van der Waals surface area contributed by atoms with Crippen molar-refractivity contribution >= 4 is 11.8 Å². The van der Waals surface area contributed by atoms with E-state index in [1.807, 2.05) is 0 Å². The van der Waals surface area contributed by atoms with Crippen molar-refractivity contribution in [3.63, 3.8) is 0 Å². The third-order valence-electron chi connectivity index (χ3n) is 3.19. The number of carbonyl (C=O) groups is 2. The molecule has 1 N–H and O–H groups in total. The molecular formula is C14H19N3O3. The molecule has 0 unspecified atom stereocenters. The maximum Gasteiger partial charge on any atom is 0.272 e. The summed E-state index contributed by atoms with van der Waals surface area (Å²) in [4.78, 5) is 30.0. The van der Waals surface area contributed by atoms with Crippen LogP contribution >= 0.6 is 0 Å². The standard InChI is InChI=1S/C14H19N3O3/c1-20-10-7-15-13(18)11-5-4-6-12(16-11)14(19)17-8-2-3-9-17/h4-6H,2-3,7-10H2,1H3,(H,15,18). The van der Waals surface area contributed by atoms with E-state index in [1.54, 1.807) is 30.2 Å². The molecule has 1 aliphatic heterocycles. The van der Waals surface area contributed by atoms with E-state index < -0.39 is 0 Å². The fraction of sp³-hybridized carbons (Fsp3) is 0.500. The topological polar surface area (TPSA) is 71.5 Å². The zero-order chi connectivity index (χ0) is 14.4. The van der Waals surface area contributed by atoms with Crippen LogP contribution in [0.4, 0.5) is 0 Å². The van der Waals surface area contributed by atoms with Gasteiger partial charge in [-0.2, -0.15) is 0 Å². The Balaban J connectivity index is 2.03. The van der Waals surface area contributed by atoms with Crippen molar-refractivity contribution in [1.29, 1.82) is 0 Å². The van der Waals surface area contributed by atoms with Crippen LogP contribution < -0.4 is 5.32 Å². The number of hydrogen-bond donors (Lipinski definition) is 1. The minimum absolute atomic E-state index is 0.103. The number of aromatic nitrogens is 1. The van der Waals surface area contributed by atoms with Gasteiger partial charge in [0.25, 0.3) is 11.8 Å². The third-order valence-corrected chi connectivity index (χ3v) is 3.19. The van der Waals surface area contributed by atoms with Crippen LogP contribution in [0, 0.1) is 0 Å². The first-order valence-corrected chi connectivity index (χ1v) is 6.76. The maximum atomic E-state index is 12.2. The first-order valence-electron chi connectivity index (χ1n) is 6.76. The highest BCUT2D eigenvalue weighted by molar-refractivity contribution is 5.96. The van der Waals surface area contributed by atoms with Gasteiger partial charge in [0.05, 0.1) is 6.61 Å². The van der Waals surface area contributed by atoms with Crippen molar-refractivity contribution in [2.45, 2.75) is 12.8 Å². The van der Waals surface area contributed by atoms with E-state index in [0.717, 1.165) is 25.9 Å². The smallest absolute Gasteiger partial charge is 0.272 e. The van der Waals surface area contributed by atoms with Gasteiger partial charge in [-0.1, -0.05) is 6.07 Å². The molecule has 1 aliphatic rings. The van der Waals surface area contributed by atoms with Gasteiger partial charge in [-0.05, 0) is 25.0 Å². The van der Waals surface area contributed by atoms with Crippen LogP contribution in [0.1, 0.15) is 33.8 Å². The lowest BCUT2D eigenvalue weighted by Gasteiger charge is -2.14. The number of likely N-dealkylation sites (tertiary alicyclic amines) is 1. The van der Waals surface area contributed by atoms with Crippen LogP contribution in [-0.4, -0.2) is 55.0 Å². The number of rotatable bonds is 5. The summed E-state index contributed by atoms with van der Waals surface area (Å²) >= 11 is 0. The number of nitrogens with one attached hydrogen (secondary N) is 1. The van der Waals surface area contributed by atoms with Gasteiger partial charge in [-0.25, -0.2) is 4.98 Å². The molecule has 0 aromatic carbocycles. The summed E-state index contributed by atoms with van der Waals surface area (Å²) in [7, 11) is 1.57. The van der Waals surface area contributed by atoms with E-state index in [0.29, 0.717) is 18.8 Å². The molecule has 20 heavy (non-hydrogen) atoms. The lowest BCUT2D eigenvalue weighted by Crippen LogP contribution is -2.30. The number of amides is 2. The normalized spacial score (nSPS) is 14.3. The number of pyridine rings is 1. The van der Waals surface area contributed by atoms with Gasteiger partial charge in [-0.15, -0.1) is 0 Å². The SMILES string of the molecule is COCCNC(=O)c1cccc(C(=O)N2CCCC2)n1. The molecule has 1 aromatic heterocycles. The summed E-state index contributed by atoms with van der Waals surface area (Å²) in [6.07, 6.45) is 2.06. The second kappa shape index (κ2) is 7.00. The molecule has 2 rings (SSSR count). The van der Waals surface area contributed by atoms with Gasteiger partial charge in [0, 0.05) is 26.7 Å². The quantitative estimate of drug-likeness (QED) is 0.804. The van der Waals surface area contributed by atoms with Crippen LogP contribution in [0.25, 0.3) is 0 Å². The second-order valence-corrected chi connectivity index (χ2v) is 4.66. The lowest BCUT2D eigenvalue weighted by molar-refractivity contribution is 0.0787. The number of nitrogens with zero attached hydrogens (tertiary/aromatic N) is 2. The zero-order valence-corrected chi connectivity index (χ0v) is 11.6. The highest BCUT2D eigenvalue weighted by atomic mass is 16.5. The van der Waals surface area contributed by atoms with Gasteiger partial charge in [0.2, 0.25) is 0 Å². The van der Waals surface area contributed by atoms with Gasteiger partial charge >= 0.3 is 0 Å². The number of methoxy groups -OCH3 is 1. The van der Waals surface area contributed by atoms with Crippen LogP contribution in [0.5, 0.6) is 0 Å². The summed E-state index contributed by atoms with van der Waals surface area (Å²) in [6, 6.07) is 4.93. The molecule has 1 aromatic rings. The minimum Gasteiger partial charge on any atom is -0.383 e. The van der Waals surface area contributed by atoms with Crippen molar-refractivity contribution in [2.75, 3.05) is 33.4 Å². The van der Waals surface area contributed by atoms with Crippen molar-refractivity contribution < 1.29 is 14.3 Å². The monoisotopic (exact) mass is 277 g/mol. The molecule has 0 saturated carbocycles. The number of ether oxygens (including phenoxy) is 1. The molecule has 1 saturated heterocycles. The predicted octanol–water partition coefficient (Wildman–Crippen LogP) is 0.694. The molecule has 6 heteroatoms. The summed E-state index contributed by atoms with van der Waals surface area (Å²) < 4.78 is 4.86. The van der Waals surface area contributed by atoms with E-state index in [9.17, 15) is 9.59 Å². The summed E-state index contributed by atoms with van der Waals surface area (Å²) in [5, 5.41) is 2.68. The summed E-state index contributed by atoms with van der Waals surface area (Å²) in [5.74, 6) is -0.396. The Hall–Kier alpha value is -1.95. The van der Waals surface area contributed by atoms with Crippen LogP contribution in [0.15, 0.2) is 18.2 Å². The highest BCUT2D eigenvalue weighted by Crippen LogP contribution is 2.11. The second-order valence-electron chi connectivity index (χ2n) is 4.66. The Morgan fingerprint density at radius 1 is 1.30 bits per heavy atom. The molecule has 0 atom stereocenters. The Morgan fingerprint density at radius 3 is 2.70 bits per heavy atom. The third kappa shape index (κ3) is 3.54. The van der Waals surface area contributed by atoms with E-state index >= 15 is 0 Å². The van der Waals surface area contributed by atoms with E-state index in [-0.39, 0.29) is 17.5 Å². The Kier molecular flexibility index (Phi) is 5.06. The molecule has 2 amide bonds. The summed E-state index contributed by atoms with van der Waals surface area (Å²) in [5.41, 5.74) is 0.581. The fourth-order valence-corrected chi connectivity index (χ4v) is 2.12. The van der Waals surface area contributed by atoms with Gasteiger partial charge < -0.3 is 15.0 Å². The minimum atomic E-state index is -0.293. The molecule has 108 valence electrons. The molecule has 0 radical (unpaired) electrons. The van der Waals surface area contributed by atoms with Gasteiger partial charge in [0.1, 0.15) is 11.4 Å². The molecular weight excluding hydrogens is 258 g/mol. The number of carbonyl (C=O) groups excluding carboxylic acids is 2. The average molecular weight is 277 g/mol. The van der Waals surface area contributed by atoms with E-state index in [2.05, 4.69) is 10.3 Å². The van der Waals surface area contributed by atoms with E-state index in [1.165, 1.54) is 0 Å². The fourth-order valence-electron chi connectivity index (χ4n) is 2.12. The average Bonchev–Trinajstić information content (AvgIpc) is 3.01. The molecule has 1 fully saturated rings. The molecule has 2 heterocycles. The van der Waals surface area contributed by atoms with Crippen LogP contribution in [0.3, 0.4) is 0 Å². The van der Waals surface area contributed by atoms with Gasteiger partial charge in [-0.3, -0.25) is 9.59 Å². The van der Waals surface area contributed by atoms with Gasteiger partial charge in [0.15, 0.2) is 0 Å². The summed E-state index contributed by atoms with van der Waals surface area (Å²) in [6.45, 7) is 2.40. The van der Waals surface area contributed by atoms with Crippen molar-refractivity contribution in [1.82, 2.24) is 15.2 Å². The van der Waals surface area contributed by atoms with Crippen molar-refractivity contribution in [2.24, 2.45) is 0 Å². The van der Waals surface area contributed by atoms with Crippen LogP contribution in [0.2, 0.25) is 0 Å². The van der Waals surface area contributed by atoms with E-state index in [4.69, 9.17) is 4.74 Å². The largest absolute Gasteiger partial charge is 0.383 e. The Bertz CT molecular complexity index is 484.